The van der Waals surface area contributed by atoms with Gasteiger partial charge in [-0.25, -0.2) is 4.79 Å². The number of rotatable bonds is 3. The summed E-state index contributed by atoms with van der Waals surface area (Å²) in [7, 11) is 0. The SMILES string of the molecule is C=C(C)C(=O)O[C@]1(C)CC[C@@H](C(O)(C(F)(F)F)C(F)(F)F)CC1. The lowest BCUT2D eigenvalue weighted by atomic mass is 9.71. The fourth-order valence-electron chi connectivity index (χ4n) is 2.68. The Bertz CT molecular complexity index is 458. The van der Waals surface area contributed by atoms with Crippen molar-refractivity contribution in [1.82, 2.24) is 0 Å². The monoisotopic (exact) mass is 348 g/mol. The Hall–Kier alpha value is -1.25. The lowest BCUT2D eigenvalue weighted by Gasteiger charge is -2.44. The van der Waals surface area contributed by atoms with Crippen LogP contribution in [-0.4, -0.2) is 34.6 Å². The van der Waals surface area contributed by atoms with Crippen LogP contribution >= 0.6 is 0 Å². The average molecular weight is 348 g/mol. The zero-order valence-corrected chi connectivity index (χ0v) is 12.6. The van der Waals surface area contributed by atoms with Crippen molar-refractivity contribution in [2.75, 3.05) is 0 Å². The minimum atomic E-state index is -5.84. The average Bonchev–Trinajstić information content (AvgIpc) is 2.35. The fraction of sp³-hybridized carbons (Fsp3) is 0.786. The Labute approximate surface area is 129 Å². The molecule has 23 heavy (non-hydrogen) atoms. The minimum Gasteiger partial charge on any atom is -0.456 e. The number of esters is 1. The summed E-state index contributed by atoms with van der Waals surface area (Å²) in [6, 6.07) is 0. The topological polar surface area (TPSA) is 46.5 Å². The quantitative estimate of drug-likeness (QED) is 0.478. The van der Waals surface area contributed by atoms with Gasteiger partial charge in [-0.1, -0.05) is 6.58 Å². The summed E-state index contributed by atoms with van der Waals surface area (Å²) in [5.74, 6) is -2.80. The maximum atomic E-state index is 12.8. The summed E-state index contributed by atoms with van der Waals surface area (Å²) in [5.41, 5.74) is -5.86. The molecule has 1 N–H and O–H groups in total. The van der Waals surface area contributed by atoms with Crippen molar-refractivity contribution in [3.63, 3.8) is 0 Å². The van der Waals surface area contributed by atoms with Crippen molar-refractivity contribution < 1.29 is 41.0 Å². The van der Waals surface area contributed by atoms with Crippen LogP contribution in [0.15, 0.2) is 12.2 Å². The Morgan fingerprint density at radius 2 is 1.52 bits per heavy atom. The molecule has 0 aromatic carbocycles. The summed E-state index contributed by atoms with van der Waals surface area (Å²) in [5, 5.41) is 9.38. The maximum Gasteiger partial charge on any atom is 0.426 e. The molecule has 0 unspecified atom stereocenters. The zero-order chi connectivity index (χ0) is 18.3. The molecule has 134 valence electrons. The van der Waals surface area contributed by atoms with Gasteiger partial charge in [0.05, 0.1) is 0 Å². The summed E-state index contributed by atoms with van der Waals surface area (Å²) in [6.07, 6.45) is -13.3. The molecule has 0 aromatic heterocycles. The number of carbonyl (C=O) groups is 1. The highest BCUT2D eigenvalue weighted by Gasteiger charge is 2.73. The molecule has 0 saturated heterocycles. The zero-order valence-electron chi connectivity index (χ0n) is 12.6. The highest BCUT2D eigenvalue weighted by molar-refractivity contribution is 5.87. The standard InChI is InChI=1S/C14H18F6O3/c1-8(2)10(21)23-11(3)6-4-9(5-7-11)12(22,13(15,16)17)14(18,19)20/h9,22H,1,4-7H2,2-3H3/t9-,11-. The molecule has 1 rings (SSSR count). The van der Waals surface area contributed by atoms with E-state index >= 15 is 0 Å². The van der Waals surface area contributed by atoms with Crippen LogP contribution < -0.4 is 0 Å². The summed E-state index contributed by atoms with van der Waals surface area (Å²) in [4.78, 5) is 11.5. The number of hydrogen-bond acceptors (Lipinski definition) is 3. The molecule has 0 spiro atoms. The van der Waals surface area contributed by atoms with E-state index in [1.165, 1.54) is 13.8 Å². The van der Waals surface area contributed by atoms with Gasteiger partial charge in [0.15, 0.2) is 0 Å². The van der Waals surface area contributed by atoms with E-state index < -0.39 is 48.3 Å². The minimum absolute atomic E-state index is 0.0791. The van der Waals surface area contributed by atoms with Gasteiger partial charge in [0.1, 0.15) is 5.60 Å². The number of ether oxygens (including phenoxy) is 1. The molecule has 0 heterocycles. The molecule has 3 nitrogen and oxygen atoms in total. The largest absolute Gasteiger partial charge is 0.456 e. The lowest BCUT2D eigenvalue weighted by molar-refractivity contribution is -0.388. The van der Waals surface area contributed by atoms with Crippen molar-refractivity contribution >= 4 is 5.97 Å². The van der Waals surface area contributed by atoms with Crippen molar-refractivity contribution in [2.45, 2.75) is 63.1 Å². The van der Waals surface area contributed by atoms with Crippen LogP contribution in [0.25, 0.3) is 0 Å². The Kier molecular flexibility index (Phi) is 5.16. The number of alkyl halides is 6. The summed E-state index contributed by atoms with van der Waals surface area (Å²) in [6.45, 7) is 6.17. The number of aliphatic hydroxyl groups is 1. The molecule has 9 heteroatoms. The first kappa shape index (κ1) is 19.8. The van der Waals surface area contributed by atoms with Crippen LogP contribution in [0.3, 0.4) is 0 Å². The second-order valence-electron chi connectivity index (χ2n) is 6.16. The van der Waals surface area contributed by atoms with Gasteiger partial charge in [0, 0.05) is 11.5 Å². The third-order valence-corrected chi connectivity index (χ3v) is 4.19. The van der Waals surface area contributed by atoms with Crippen molar-refractivity contribution in [3.05, 3.63) is 12.2 Å². The molecular weight excluding hydrogens is 330 g/mol. The van der Waals surface area contributed by atoms with Gasteiger partial charge in [0.2, 0.25) is 0 Å². The van der Waals surface area contributed by atoms with Crippen molar-refractivity contribution in [3.8, 4) is 0 Å². The van der Waals surface area contributed by atoms with Gasteiger partial charge < -0.3 is 9.84 Å². The van der Waals surface area contributed by atoms with Gasteiger partial charge in [-0.05, 0) is 39.5 Å². The van der Waals surface area contributed by atoms with Crippen LogP contribution in [0.5, 0.6) is 0 Å². The molecule has 0 amide bonds. The lowest BCUT2D eigenvalue weighted by Crippen LogP contribution is -2.62. The van der Waals surface area contributed by atoms with E-state index in [4.69, 9.17) is 4.74 Å². The maximum absolute atomic E-state index is 12.8. The van der Waals surface area contributed by atoms with E-state index in [0.717, 1.165) is 0 Å². The first-order chi connectivity index (χ1) is 10.1. The third-order valence-electron chi connectivity index (χ3n) is 4.19. The first-order valence-corrected chi connectivity index (χ1v) is 6.89. The number of halogens is 6. The number of carbonyl (C=O) groups excluding carboxylic acids is 1. The molecular formula is C14H18F6O3. The van der Waals surface area contributed by atoms with Crippen LogP contribution in [0.2, 0.25) is 0 Å². The number of hydrogen-bond donors (Lipinski definition) is 1. The molecule has 1 aliphatic rings. The van der Waals surface area contributed by atoms with Crippen molar-refractivity contribution in [1.29, 1.82) is 0 Å². The van der Waals surface area contributed by atoms with Gasteiger partial charge in [-0.2, -0.15) is 26.3 Å². The van der Waals surface area contributed by atoms with Crippen LogP contribution in [-0.2, 0) is 9.53 Å². The predicted octanol–water partition coefficient (Wildman–Crippen LogP) is 3.91. The summed E-state index contributed by atoms with van der Waals surface area (Å²) < 4.78 is 82.0. The summed E-state index contributed by atoms with van der Waals surface area (Å²) >= 11 is 0. The molecule has 1 saturated carbocycles. The van der Waals surface area contributed by atoms with Gasteiger partial charge in [-0.15, -0.1) is 0 Å². The molecule has 0 atom stereocenters. The van der Waals surface area contributed by atoms with E-state index in [2.05, 4.69) is 6.58 Å². The molecule has 1 aliphatic carbocycles. The second kappa shape index (κ2) is 5.99. The molecule has 0 aromatic rings. The van der Waals surface area contributed by atoms with E-state index in [9.17, 15) is 36.2 Å². The third kappa shape index (κ3) is 3.81. The molecule has 1 fully saturated rings. The van der Waals surface area contributed by atoms with Gasteiger partial charge in [-0.3, -0.25) is 0 Å². The Balaban J connectivity index is 2.93. The van der Waals surface area contributed by atoms with Gasteiger partial charge in [0.25, 0.3) is 5.60 Å². The van der Waals surface area contributed by atoms with E-state index in [1.807, 2.05) is 0 Å². The molecule has 0 aliphatic heterocycles. The Morgan fingerprint density at radius 1 is 1.13 bits per heavy atom. The predicted molar refractivity (Wildman–Crippen MR) is 68.3 cm³/mol. The van der Waals surface area contributed by atoms with E-state index in [0.29, 0.717) is 0 Å². The normalized spacial score (nSPS) is 26.7. The van der Waals surface area contributed by atoms with E-state index in [-0.39, 0.29) is 18.4 Å². The van der Waals surface area contributed by atoms with Crippen molar-refractivity contribution in [2.24, 2.45) is 5.92 Å². The first-order valence-electron chi connectivity index (χ1n) is 6.89. The Morgan fingerprint density at radius 3 is 1.83 bits per heavy atom. The highest BCUT2D eigenvalue weighted by atomic mass is 19.4. The van der Waals surface area contributed by atoms with Crippen LogP contribution in [0.4, 0.5) is 26.3 Å². The van der Waals surface area contributed by atoms with Crippen LogP contribution in [0, 0.1) is 5.92 Å². The molecule has 0 radical (unpaired) electrons. The highest BCUT2D eigenvalue weighted by Crippen LogP contribution is 2.52. The van der Waals surface area contributed by atoms with Crippen LogP contribution in [0.1, 0.15) is 39.5 Å². The second-order valence-corrected chi connectivity index (χ2v) is 6.16. The van der Waals surface area contributed by atoms with Gasteiger partial charge >= 0.3 is 18.3 Å². The fourth-order valence-corrected chi connectivity index (χ4v) is 2.68. The molecule has 0 bridgehead atoms. The smallest absolute Gasteiger partial charge is 0.426 e. The van der Waals surface area contributed by atoms with E-state index in [1.54, 1.807) is 0 Å².